The summed E-state index contributed by atoms with van der Waals surface area (Å²) in [5, 5.41) is 2.68. The van der Waals surface area contributed by atoms with E-state index in [-0.39, 0.29) is 5.91 Å². The fraction of sp³-hybridized carbons (Fsp3) is 0.500. The molecule has 4 nitrogen and oxygen atoms in total. The molecule has 1 aromatic rings. The molecule has 19 heavy (non-hydrogen) atoms. The minimum Gasteiger partial charge on any atom is -0.397 e. The smallest absolute Gasteiger partial charge is 0.238 e. The van der Waals surface area contributed by atoms with E-state index in [1.54, 1.807) is 0 Å². The van der Waals surface area contributed by atoms with Crippen molar-refractivity contribution < 1.29 is 9.18 Å². The largest absolute Gasteiger partial charge is 0.397 e. The molecule has 5 heteroatoms. The second-order valence-corrected chi connectivity index (χ2v) is 4.95. The van der Waals surface area contributed by atoms with E-state index in [0.717, 1.165) is 25.8 Å². The topological polar surface area (TPSA) is 58.4 Å². The van der Waals surface area contributed by atoms with E-state index < -0.39 is 5.82 Å². The second kappa shape index (κ2) is 6.02. The van der Waals surface area contributed by atoms with Gasteiger partial charge in [0.1, 0.15) is 5.82 Å². The number of benzene rings is 1. The number of hydrogen-bond donors (Lipinski definition) is 2. The predicted octanol–water partition coefficient (Wildman–Crippen LogP) is 2.22. The normalized spacial score (nSPS) is 19.6. The molecule has 0 radical (unpaired) electrons. The molecule has 1 saturated heterocycles. The van der Waals surface area contributed by atoms with Crippen LogP contribution in [0.4, 0.5) is 15.8 Å². The molecule has 1 atom stereocenters. The Bertz CT molecular complexity index is 464. The summed E-state index contributed by atoms with van der Waals surface area (Å²) in [5.74, 6) is -0.547. The Balaban J connectivity index is 1.95. The molecule has 2 rings (SSSR count). The van der Waals surface area contributed by atoms with Gasteiger partial charge in [0, 0.05) is 6.04 Å². The number of rotatable bonds is 4. The SMILES string of the molecule is CCC1CCCN1CC(=O)Nc1cc(F)ccc1N. The summed E-state index contributed by atoms with van der Waals surface area (Å²) in [4.78, 5) is 14.1. The molecule has 1 unspecified atom stereocenters. The van der Waals surface area contributed by atoms with Gasteiger partial charge in [-0.1, -0.05) is 6.92 Å². The van der Waals surface area contributed by atoms with Crippen molar-refractivity contribution in [2.24, 2.45) is 0 Å². The zero-order valence-corrected chi connectivity index (χ0v) is 11.2. The number of nitrogens with two attached hydrogens (primary N) is 1. The highest BCUT2D eigenvalue weighted by atomic mass is 19.1. The number of carbonyl (C=O) groups is 1. The number of halogens is 1. The van der Waals surface area contributed by atoms with Crippen LogP contribution >= 0.6 is 0 Å². The number of amides is 1. The minimum atomic E-state index is -0.405. The first kappa shape index (κ1) is 13.8. The molecule has 1 aromatic carbocycles. The number of nitrogens with zero attached hydrogens (tertiary/aromatic N) is 1. The molecule has 1 amide bonds. The Labute approximate surface area is 112 Å². The van der Waals surface area contributed by atoms with Crippen LogP contribution in [-0.4, -0.2) is 29.9 Å². The molecular formula is C14H20FN3O. The van der Waals surface area contributed by atoms with Gasteiger partial charge in [-0.15, -0.1) is 0 Å². The number of anilines is 2. The molecular weight excluding hydrogens is 245 g/mol. The van der Waals surface area contributed by atoms with Crippen molar-refractivity contribution in [3.8, 4) is 0 Å². The van der Waals surface area contributed by atoms with Crippen LogP contribution in [0.15, 0.2) is 18.2 Å². The Hall–Kier alpha value is -1.62. The number of carbonyl (C=O) groups excluding carboxylic acids is 1. The standard InChI is InChI=1S/C14H20FN3O/c1-2-11-4-3-7-18(11)9-14(19)17-13-8-10(15)5-6-12(13)16/h5-6,8,11H,2-4,7,9,16H2,1H3,(H,17,19). The number of nitrogen functional groups attached to an aromatic ring is 1. The molecule has 0 spiro atoms. The molecule has 104 valence electrons. The zero-order valence-electron chi connectivity index (χ0n) is 11.2. The third-order valence-corrected chi connectivity index (χ3v) is 3.61. The van der Waals surface area contributed by atoms with Gasteiger partial charge >= 0.3 is 0 Å². The summed E-state index contributed by atoms with van der Waals surface area (Å²) in [7, 11) is 0. The molecule has 0 aliphatic carbocycles. The van der Waals surface area contributed by atoms with Crippen molar-refractivity contribution in [2.45, 2.75) is 32.2 Å². The Morgan fingerprint density at radius 3 is 3.11 bits per heavy atom. The Kier molecular flexibility index (Phi) is 4.37. The third kappa shape index (κ3) is 3.44. The van der Waals surface area contributed by atoms with E-state index >= 15 is 0 Å². The molecule has 0 aromatic heterocycles. The van der Waals surface area contributed by atoms with E-state index in [4.69, 9.17) is 5.73 Å². The van der Waals surface area contributed by atoms with Gasteiger partial charge in [-0.2, -0.15) is 0 Å². The Morgan fingerprint density at radius 2 is 2.37 bits per heavy atom. The lowest BCUT2D eigenvalue weighted by Crippen LogP contribution is -2.36. The van der Waals surface area contributed by atoms with Crippen LogP contribution in [0.25, 0.3) is 0 Å². The van der Waals surface area contributed by atoms with Gasteiger partial charge in [0.15, 0.2) is 0 Å². The predicted molar refractivity (Wildman–Crippen MR) is 74.3 cm³/mol. The summed E-state index contributed by atoms with van der Waals surface area (Å²) in [5.41, 5.74) is 6.43. The molecule has 0 saturated carbocycles. The average Bonchev–Trinajstić information content (AvgIpc) is 2.81. The van der Waals surface area contributed by atoms with E-state index in [0.29, 0.717) is 24.0 Å². The monoisotopic (exact) mass is 265 g/mol. The molecule has 1 heterocycles. The lowest BCUT2D eigenvalue weighted by atomic mass is 10.2. The lowest BCUT2D eigenvalue weighted by molar-refractivity contribution is -0.117. The fourth-order valence-electron chi connectivity index (χ4n) is 2.58. The first-order chi connectivity index (χ1) is 9.10. The van der Waals surface area contributed by atoms with Crippen LogP contribution in [-0.2, 0) is 4.79 Å². The number of likely N-dealkylation sites (tertiary alicyclic amines) is 1. The Morgan fingerprint density at radius 1 is 1.58 bits per heavy atom. The van der Waals surface area contributed by atoms with Crippen molar-refractivity contribution in [3.05, 3.63) is 24.0 Å². The summed E-state index contributed by atoms with van der Waals surface area (Å²) >= 11 is 0. The maximum atomic E-state index is 13.1. The summed E-state index contributed by atoms with van der Waals surface area (Å²) < 4.78 is 13.1. The second-order valence-electron chi connectivity index (χ2n) is 4.95. The highest BCUT2D eigenvalue weighted by Gasteiger charge is 2.24. The van der Waals surface area contributed by atoms with Gasteiger partial charge in [0.2, 0.25) is 5.91 Å². The van der Waals surface area contributed by atoms with Crippen LogP contribution in [0, 0.1) is 5.82 Å². The van der Waals surface area contributed by atoms with Crippen molar-refractivity contribution >= 4 is 17.3 Å². The summed E-state index contributed by atoms with van der Waals surface area (Å²) in [6.07, 6.45) is 3.33. The first-order valence-corrected chi connectivity index (χ1v) is 6.69. The van der Waals surface area contributed by atoms with E-state index in [9.17, 15) is 9.18 Å². The molecule has 3 N–H and O–H groups in total. The van der Waals surface area contributed by atoms with Crippen LogP contribution < -0.4 is 11.1 Å². The maximum Gasteiger partial charge on any atom is 0.238 e. The average molecular weight is 265 g/mol. The van der Waals surface area contributed by atoms with Crippen molar-refractivity contribution in [1.82, 2.24) is 4.90 Å². The quantitative estimate of drug-likeness (QED) is 0.821. The van der Waals surface area contributed by atoms with Crippen molar-refractivity contribution in [3.63, 3.8) is 0 Å². The highest BCUT2D eigenvalue weighted by molar-refractivity contribution is 5.95. The van der Waals surface area contributed by atoms with Crippen molar-refractivity contribution in [2.75, 3.05) is 24.1 Å². The summed E-state index contributed by atoms with van der Waals surface area (Å²) in [6.45, 7) is 3.42. The van der Waals surface area contributed by atoms with Gasteiger partial charge in [-0.25, -0.2) is 4.39 Å². The molecule has 1 aliphatic rings. The van der Waals surface area contributed by atoms with Crippen LogP contribution in [0.2, 0.25) is 0 Å². The van der Waals surface area contributed by atoms with E-state index in [2.05, 4.69) is 17.1 Å². The third-order valence-electron chi connectivity index (χ3n) is 3.61. The number of hydrogen-bond acceptors (Lipinski definition) is 3. The molecule has 0 bridgehead atoms. The van der Waals surface area contributed by atoms with Crippen molar-refractivity contribution in [1.29, 1.82) is 0 Å². The van der Waals surface area contributed by atoms with E-state index in [1.165, 1.54) is 18.2 Å². The lowest BCUT2D eigenvalue weighted by Gasteiger charge is -2.22. The summed E-state index contributed by atoms with van der Waals surface area (Å²) in [6, 6.07) is 4.46. The van der Waals surface area contributed by atoms with Gasteiger partial charge in [-0.3, -0.25) is 9.69 Å². The van der Waals surface area contributed by atoms with E-state index in [1.807, 2.05) is 0 Å². The van der Waals surface area contributed by atoms with Crippen LogP contribution in [0.3, 0.4) is 0 Å². The maximum absolute atomic E-state index is 13.1. The fourth-order valence-corrected chi connectivity index (χ4v) is 2.58. The molecule has 1 aliphatic heterocycles. The highest BCUT2D eigenvalue weighted by Crippen LogP contribution is 2.21. The van der Waals surface area contributed by atoms with Gasteiger partial charge in [0.25, 0.3) is 0 Å². The first-order valence-electron chi connectivity index (χ1n) is 6.69. The van der Waals surface area contributed by atoms with Crippen LogP contribution in [0.5, 0.6) is 0 Å². The minimum absolute atomic E-state index is 0.141. The zero-order chi connectivity index (χ0) is 13.8. The number of nitrogens with one attached hydrogen (secondary N) is 1. The van der Waals surface area contributed by atoms with Gasteiger partial charge in [-0.05, 0) is 44.0 Å². The van der Waals surface area contributed by atoms with Crippen LogP contribution in [0.1, 0.15) is 26.2 Å². The van der Waals surface area contributed by atoms with Gasteiger partial charge in [0.05, 0.1) is 17.9 Å². The van der Waals surface area contributed by atoms with Gasteiger partial charge < -0.3 is 11.1 Å². The molecule has 1 fully saturated rings.